The standard InChI is InChI=1S/C11H16N4O2/c12-8(6-10(16)17)5-7-1-3-9(4-2-7)15-11(13)14/h1-4,8H,5-6,12H2,(H,16,17)(H4,13,14,15)/t8-/m0/s1. The first-order valence-corrected chi connectivity index (χ1v) is 5.14. The van der Waals surface area contributed by atoms with Crippen molar-refractivity contribution >= 4 is 17.6 Å². The van der Waals surface area contributed by atoms with Gasteiger partial charge in [-0.25, -0.2) is 0 Å². The van der Waals surface area contributed by atoms with Gasteiger partial charge in [-0.05, 0) is 24.1 Å². The maximum atomic E-state index is 10.4. The fourth-order valence-electron chi connectivity index (χ4n) is 1.48. The number of hydrogen-bond acceptors (Lipinski definition) is 3. The molecule has 0 aliphatic carbocycles. The van der Waals surface area contributed by atoms with Crippen molar-refractivity contribution < 1.29 is 9.90 Å². The van der Waals surface area contributed by atoms with Gasteiger partial charge in [0.25, 0.3) is 0 Å². The molecule has 0 aromatic heterocycles. The largest absolute Gasteiger partial charge is 0.481 e. The normalized spacial score (nSPS) is 11.8. The van der Waals surface area contributed by atoms with Gasteiger partial charge in [0.1, 0.15) is 0 Å². The highest BCUT2D eigenvalue weighted by Gasteiger charge is 2.08. The fraction of sp³-hybridized carbons (Fsp3) is 0.273. The average molecular weight is 236 g/mol. The third-order valence-corrected chi connectivity index (χ3v) is 2.17. The zero-order valence-electron chi connectivity index (χ0n) is 9.31. The zero-order valence-corrected chi connectivity index (χ0v) is 9.31. The summed E-state index contributed by atoms with van der Waals surface area (Å²) >= 11 is 0. The quantitative estimate of drug-likeness (QED) is 0.372. The third kappa shape index (κ3) is 4.98. The minimum atomic E-state index is -0.896. The van der Waals surface area contributed by atoms with E-state index in [1.165, 1.54) is 0 Å². The van der Waals surface area contributed by atoms with Crippen molar-refractivity contribution in [2.45, 2.75) is 18.9 Å². The van der Waals surface area contributed by atoms with E-state index in [0.717, 1.165) is 5.56 Å². The van der Waals surface area contributed by atoms with E-state index in [-0.39, 0.29) is 18.4 Å². The summed E-state index contributed by atoms with van der Waals surface area (Å²) in [5, 5.41) is 18.3. The van der Waals surface area contributed by atoms with Gasteiger partial charge in [0.05, 0.1) is 6.42 Å². The highest BCUT2D eigenvalue weighted by atomic mass is 16.4. The van der Waals surface area contributed by atoms with Crippen LogP contribution in [0.4, 0.5) is 5.69 Å². The molecular formula is C11H16N4O2. The first kappa shape index (κ1) is 13.0. The molecule has 1 rings (SSSR count). The zero-order chi connectivity index (χ0) is 12.8. The van der Waals surface area contributed by atoms with Crippen molar-refractivity contribution in [2.24, 2.45) is 11.5 Å². The molecular weight excluding hydrogens is 220 g/mol. The van der Waals surface area contributed by atoms with Crippen LogP contribution in [0.15, 0.2) is 24.3 Å². The molecule has 0 unspecified atom stereocenters. The van der Waals surface area contributed by atoms with E-state index in [0.29, 0.717) is 12.1 Å². The van der Waals surface area contributed by atoms with Gasteiger partial charge in [0.15, 0.2) is 5.96 Å². The van der Waals surface area contributed by atoms with E-state index in [1.807, 2.05) is 12.1 Å². The van der Waals surface area contributed by atoms with Crippen LogP contribution in [0.1, 0.15) is 12.0 Å². The number of carboxylic acids is 1. The van der Waals surface area contributed by atoms with Gasteiger partial charge in [0, 0.05) is 11.7 Å². The predicted molar refractivity (Wildman–Crippen MR) is 65.9 cm³/mol. The minimum Gasteiger partial charge on any atom is -0.481 e. The molecule has 17 heavy (non-hydrogen) atoms. The van der Waals surface area contributed by atoms with Gasteiger partial charge in [0.2, 0.25) is 0 Å². The lowest BCUT2D eigenvalue weighted by Crippen LogP contribution is -2.26. The number of aliphatic carboxylic acids is 1. The highest BCUT2D eigenvalue weighted by Crippen LogP contribution is 2.11. The Morgan fingerprint density at radius 2 is 2.00 bits per heavy atom. The van der Waals surface area contributed by atoms with Crippen molar-refractivity contribution in [3.05, 3.63) is 29.8 Å². The molecule has 0 saturated carbocycles. The number of benzene rings is 1. The first-order valence-electron chi connectivity index (χ1n) is 5.14. The smallest absolute Gasteiger partial charge is 0.304 e. The lowest BCUT2D eigenvalue weighted by Gasteiger charge is -2.10. The van der Waals surface area contributed by atoms with Gasteiger partial charge in [-0.3, -0.25) is 10.2 Å². The Labute approximate surface area is 99.1 Å². The monoisotopic (exact) mass is 236 g/mol. The summed E-state index contributed by atoms with van der Waals surface area (Å²) in [6.45, 7) is 0. The van der Waals surface area contributed by atoms with Crippen molar-refractivity contribution in [1.82, 2.24) is 0 Å². The van der Waals surface area contributed by atoms with Crippen LogP contribution in [0.25, 0.3) is 0 Å². The molecule has 6 heteroatoms. The van der Waals surface area contributed by atoms with Gasteiger partial charge < -0.3 is 21.9 Å². The summed E-state index contributed by atoms with van der Waals surface area (Å²) in [7, 11) is 0. The summed E-state index contributed by atoms with van der Waals surface area (Å²) in [6, 6.07) is 6.80. The van der Waals surface area contributed by atoms with Crippen LogP contribution in [-0.2, 0) is 11.2 Å². The topological polar surface area (TPSA) is 125 Å². The summed E-state index contributed by atoms with van der Waals surface area (Å²) in [6.07, 6.45) is 0.458. The van der Waals surface area contributed by atoms with Crippen LogP contribution in [0.3, 0.4) is 0 Å². The minimum absolute atomic E-state index is 0.0482. The summed E-state index contributed by atoms with van der Waals surface area (Å²) in [4.78, 5) is 10.4. The molecule has 0 radical (unpaired) electrons. The molecule has 92 valence electrons. The molecule has 0 heterocycles. The average Bonchev–Trinajstić information content (AvgIpc) is 2.18. The second-order valence-electron chi connectivity index (χ2n) is 3.80. The molecule has 1 aromatic carbocycles. The molecule has 0 aliphatic heterocycles. The number of nitrogens with one attached hydrogen (secondary N) is 2. The Morgan fingerprint density at radius 3 is 2.47 bits per heavy atom. The van der Waals surface area contributed by atoms with Crippen molar-refractivity contribution in [3.8, 4) is 0 Å². The number of guanidine groups is 1. The predicted octanol–water partition coefficient (Wildman–Crippen LogP) is 0.336. The van der Waals surface area contributed by atoms with Gasteiger partial charge in [-0.15, -0.1) is 0 Å². The number of carbonyl (C=O) groups is 1. The number of carboxylic acid groups (broad SMARTS) is 1. The highest BCUT2D eigenvalue weighted by molar-refractivity contribution is 5.89. The molecule has 0 fully saturated rings. The molecule has 0 saturated heterocycles. The van der Waals surface area contributed by atoms with Crippen molar-refractivity contribution in [1.29, 1.82) is 5.41 Å². The molecule has 1 atom stereocenters. The van der Waals surface area contributed by atoms with Crippen LogP contribution in [0.2, 0.25) is 0 Å². The molecule has 0 spiro atoms. The van der Waals surface area contributed by atoms with Crippen LogP contribution >= 0.6 is 0 Å². The lowest BCUT2D eigenvalue weighted by molar-refractivity contribution is -0.137. The Kier molecular flexibility index (Phi) is 4.47. The van der Waals surface area contributed by atoms with Gasteiger partial charge >= 0.3 is 5.97 Å². The summed E-state index contributed by atoms with van der Waals surface area (Å²) in [5.74, 6) is -1.02. The summed E-state index contributed by atoms with van der Waals surface area (Å²) < 4.78 is 0. The Hall–Kier alpha value is -2.08. The molecule has 7 N–H and O–H groups in total. The van der Waals surface area contributed by atoms with Crippen molar-refractivity contribution in [2.75, 3.05) is 5.32 Å². The second-order valence-corrected chi connectivity index (χ2v) is 3.80. The van der Waals surface area contributed by atoms with E-state index in [4.69, 9.17) is 22.0 Å². The van der Waals surface area contributed by atoms with Crippen LogP contribution in [-0.4, -0.2) is 23.1 Å². The van der Waals surface area contributed by atoms with E-state index < -0.39 is 5.97 Å². The van der Waals surface area contributed by atoms with E-state index in [1.54, 1.807) is 12.1 Å². The first-order chi connectivity index (χ1) is 7.97. The molecule has 1 aromatic rings. The van der Waals surface area contributed by atoms with Crippen molar-refractivity contribution in [3.63, 3.8) is 0 Å². The van der Waals surface area contributed by atoms with Crippen LogP contribution in [0, 0.1) is 5.41 Å². The number of nitrogens with two attached hydrogens (primary N) is 2. The van der Waals surface area contributed by atoms with Gasteiger partial charge in [-0.2, -0.15) is 0 Å². The van der Waals surface area contributed by atoms with E-state index in [2.05, 4.69) is 5.32 Å². The van der Waals surface area contributed by atoms with E-state index >= 15 is 0 Å². The van der Waals surface area contributed by atoms with E-state index in [9.17, 15) is 4.79 Å². The van der Waals surface area contributed by atoms with Crippen LogP contribution in [0.5, 0.6) is 0 Å². The molecule has 0 bridgehead atoms. The number of hydrogen-bond donors (Lipinski definition) is 5. The SMILES string of the molecule is N=C(N)Nc1ccc(C[C@H](N)CC(=O)O)cc1. The molecule has 0 amide bonds. The Bertz CT molecular complexity index is 402. The van der Waals surface area contributed by atoms with Crippen LogP contribution < -0.4 is 16.8 Å². The Balaban J connectivity index is 2.56. The lowest BCUT2D eigenvalue weighted by atomic mass is 10.0. The molecule has 0 aliphatic rings. The summed E-state index contributed by atoms with van der Waals surface area (Å²) in [5.41, 5.74) is 12.5. The number of anilines is 1. The van der Waals surface area contributed by atoms with Gasteiger partial charge in [-0.1, -0.05) is 12.1 Å². The maximum Gasteiger partial charge on any atom is 0.304 e. The fourth-order valence-corrected chi connectivity index (χ4v) is 1.48. The maximum absolute atomic E-state index is 10.4. The Morgan fingerprint density at radius 1 is 1.41 bits per heavy atom. The third-order valence-electron chi connectivity index (χ3n) is 2.17. The number of rotatable bonds is 5. The molecule has 6 nitrogen and oxygen atoms in total. The second kappa shape index (κ2) is 5.86.